The van der Waals surface area contributed by atoms with E-state index in [2.05, 4.69) is 28.6 Å². The zero-order valence-corrected chi connectivity index (χ0v) is 18.2. The third kappa shape index (κ3) is 2.84. The third-order valence-corrected chi connectivity index (χ3v) is 6.60. The second-order valence-corrected chi connectivity index (χ2v) is 8.09. The van der Waals surface area contributed by atoms with Gasteiger partial charge in [-0.3, -0.25) is 9.69 Å². The quantitative estimate of drug-likeness (QED) is 0.490. The molecule has 1 amide bonds. The lowest BCUT2D eigenvalue weighted by Gasteiger charge is -2.37. The number of rotatable bonds is 5. The fraction of sp³-hybridized carbons (Fsp3) is 0.250. The molecule has 2 aliphatic heterocycles. The zero-order valence-electron chi connectivity index (χ0n) is 17.4. The molecule has 1 aromatic heterocycles. The van der Waals surface area contributed by atoms with Gasteiger partial charge in [-0.1, -0.05) is 30.3 Å². The number of nitrogens with zero attached hydrogens (tertiary/aromatic N) is 2. The second-order valence-electron chi connectivity index (χ2n) is 7.73. The van der Waals surface area contributed by atoms with Crippen LogP contribution in [0, 0.1) is 0 Å². The second kappa shape index (κ2) is 7.42. The van der Waals surface area contributed by atoms with E-state index in [1.807, 2.05) is 30.3 Å². The lowest BCUT2D eigenvalue weighted by molar-refractivity contribution is -0.128. The predicted molar refractivity (Wildman–Crippen MR) is 124 cm³/mol. The fourth-order valence-electron chi connectivity index (χ4n) is 4.80. The van der Waals surface area contributed by atoms with Crippen molar-refractivity contribution in [2.45, 2.75) is 18.5 Å². The van der Waals surface area contributed by atoms with E-state index >= 15 is 0 Å². The van der Waals surface area contributed by atoms with Crippen molar-refractivity contribution in [1.82, 2.24) is 14.8 Å². The molecule has 3 aromatic rings. The molecule has 1 fully saturated rings. The van der Waals surface area contributed by atoms with Gasteiger partial charge in [-0.15, -0.1) is 6.58 Å². The highest BCUT2D eigenvalue weighted by molar-refractivity contribution is 7.80. The normalized spacial score (nSPS) is 20.1. The Bertz CT molecular complexity index is 1220. The van der Waals surface area contributed by atoms with Crippen molar-refractivity contribution >= 4 is 34.1 Å². The summed E-state index contributed by atoms with van der Waals surface area (Å²) in [7, 11) is 3.24. The molecule has 0 radical (unpaired) electrons. The number of aromatic nitrogens is 1. The Morgan fingerprint density at radius 1 is 1.19 bits per heavy atom. The molecule has 7 heteroatoms. The molecule has 6 nitrogen and oxygen atoms in total. The lowest BCUT2D eigenvalue weighted by atomic mass is 9.89. The van der Waals surface area contributed by atoms with Gasteiger partial charge in [0.25, 0.3) is 5.91 Å². The van der Waals surface area contributed by atoms with Crippen molar-refractivity contribution in [2.24, 2.45) is 0 Å². The van der Waals surface area contributed by atoms with E-state index in [9.17, 15) is 4.79 Å². The first-order chi connectivity index (χ1) is 15.1. The van der Waals surface area contributed by atoms with Crippen LogP contribution in [0.25, 0.3) is 10.9 Å². The Hall–Kier alpha value is -3.32. The Labute approximate surface area is 186 Å². The van der Waals surface area contributed by atoms with Crippen molar-refractivity contribution in [2.75, 3.05) is 20.8 Å². The van der Waals surface area contributed by atoms with Gasteiger partial charge < -0.3 is 19.4 Å². The predicted octanol–water partition coefficient (Wildman–Crippen LogP) is 3.81. The zero-order chi connectivity index (χ0) is 21.7. The van der Waals surface area contributed by atoms with Crippen LogP contribution in [0.4, 0.5) is 0 Å². The van der Waals surface area contributed by atoms with Gasteiger partial charge in [0.1, 0.15) is 6.04 Å². The number of ether oxygens (including phenoxy) is 2. The molecule has 2 atom stereocenters. The molecule has 2 aliphatic rings. The van der Waals surface area contributed by atoms with E-state index in [0.29, 0.717) is 29.6 Å². The maximum atomic E-state index is 13.3. The first-order valence-electron chi connectivity index (χ1n) is 10.1. The van der Waals surface area contributed by atoms with Crippen molar-refractivity contribution < 1.29 is 14.3 Å². The highest BCUT2D eigenvalue weighted by Gasteiger charge is 2.50. The number of carbonyl (C=O) groups is 1. The SMILES string of the molecule is C=CCN1C(=O)[C@@H]2Cc3c([nH]c4ccccc34)C(c3ccc(OC)c(OC)c3)N2C1=S. The standard InChI is InChI=1S/C24H23N3O3S/c1-4-11-26-23(28)18-13-16-15-7-5-6-8-17(15)25-21(16)22(27(18)24(26)31)14-9-10-19(29-2)20(12-14)30-3/h4-10,12,18,22,25H,1,11,13H2,2-3H3/t18-,22?/m0/s1. The van der Waals surface area contributed by atoms with E-state index in [4.69, 9.17) is 21.7 Å². The molecule has 3 heterocycles. The topological polar surface area (TPSA) is 57.8 Å². The number of aromatic amines is 1. The van der Waals surface area contributed by atoms with E-state index in [1.54, 1.807) is 25.2 Å². The van der Waals surface area contributed by atoms with E-state index in [1.165, 1.54) is 0 Å². The van der Waals surface area contributed by atoms with Gasteiger partial charge in [0.05, 0.1) is 20.3 Å². The minimum atomic E-state index is -0.350. The van der Waals surface area contributed by atoms with Crippen LogP contribution in [-0.2, 0) is 11.2 Å². The number of para-hydroxylation sites is 1. The molecule has 2 aromatic carbocycles. The van der Waals surface area contributed by atoms with Gasteiger partial charge in [0, 0.05) is 29.6 Å². The Morgan fingerprint density at radius 2 is 1.97 bits per heavy atom. The maximum absolute atomic E-state index is 13.3. The van der Waals surface area contributed by atoms with Crippen LogP contribution in [-0.4, -0.2) is 52.6 Å². The molecular formula is C24H23N3O3S. The molecule has 31 heavy (non-hydrogen) atoms. The van der Waals surface area contributed by atoms with Crippen LogP contribution in [0.15, 0.2) is 55.1 Å². The van der Waals surface area contributed by atoms with Crippen LogP contribution < -0.4 is 9.47 Å². The smallest absolute Gasteiger partial charge is 0.252 e. The molecule has 1 N–H and O–H groups in total. The van der Waals surface area contributed by atoms with E-state index in [0.717, 1.165) is 27.7 Å². The highest BCUT2D eigenvalue weighted by atomic mass is 32.1. The van der Waals surface area contributed by atoms with Crippen molar-refractivity contribution in [3.63, 3.8) is 0 Å². The van der Waals surface area contributed by atoms with Crippen LogP contribution in [0.2, 0.25) is 0 Å². The Kier molecular flexibility index (Phi) is 4.70. The summed E-state index contributed by atoms with van der Waals surface area (Å²) < 4.78 is 11.0. The number of H-pyrrole nitrogens is 1. The van der Waals surface area contributed by atoms with Crippen LogP contribution >= 0.6 is 12.2 Å². The minimum Gasteiger partial charge on any atom is -0.493 e. The number of hydrogen-bond acceptors (Lipinski definition) is 4. The van der Waals surface area contributed by atoms with Gasteiger partial charge in [-0.25, -0.2) is 0 Å². The number of amides is 1. The van der Waals surface area contributed by atoms with Crippen molar-refractivity contribution in [3.05, 3.63) is 71.9 Å². The minimum absolute atomic E-state index is 0.0197. The number of nitrogens with one attached hydrogen (secondary N) is 1. The molecule has 0 spiro atoms. The average Bonchev–Trinajstić information content (AvgIpc) is 3.28. The average molecular weight is 434 g/mol. The summed E-state index contributed by atoms with van der Waals surface area (Å²) >= 11 is 5.79. The fourth-order valence-corrected chi connectivity index (χ4v) is 5.19. The molecule has 1 saturated heterocycles. The molecule has 1 unspecified atom stereocenters. The van der Waals surface area contributed by atoms with E-state index in [-0.39, 0.29) is 18.0 Å². The highest BCUT2D eigenvalue weighted by Crippen LogP contribution is 2.45. The van der Waals surface area contributed by atoms with Crippen LogP contribution in [0.5, 0.6) is 11.5 Å². The van der Waals surface area contributed by atoms with Gasteiger partial charge in [-0.2, -0.15) is 0 Å². The summed E-state index contributed by atoms with van der Waals surface area (Å²) in [5, 5.41) is 1.67. The number of hydrogen-bond donors (Lipinski definition) is 1. The first kappa shape index (κ1) is 19.6. The lowest BCUT2D eigenvalue weighted by Crippen LogP contribution is -2.44. The maximum Gasteiger partial charge on any atom is 0.252 e. The molecular weight excluding hydrogens is 410 g/mol. The summed E-state index contributed by atoms with van der Waals surface area (Å²) in [5.41, 5.74) is 4.25. The Balaban J connectivity index is 1.73. The molecule has 158 valence electrons. The van der Waals surface area contributed by atoms with Gasteiger partial charge in [0.15, 0.2) is 16.6 Å². The number of methoxy groups -OCH3 is 2. The van der Waals surface area contributed by atoms with Crippen LogP contribution in [0.3, 0.4) is 0 Å². The van der Waals surface area contributed by atoms with E-state index < -0.39 is 0 Å². The van der Waals surface area contributed by atoms with Crippen molar-refractivity contribution in [3.8, 4) is 11.5 Å². The van der Waals surface area contributed by atoms with Gasteiger partial charge in [0.2, 0.25) is 0 Å². The third-order valence-electron chi connectivity index (χ3n) is 6.17. The van der Waals surface area contributed by atoms with Crippen molar-refractivity contribution in [1.29, 1.82) is 0 Å². The number of benzene rings is 2. The summed E-state index contributed by atoms with van der Waals surface area (Å²) in [6.45, 7) is 4.19. The monoisotopic (exact) mass is 433 g/mol. The molecule has 0 aliphatic carbocycles. The summed E-state index contributed by atoms with van der Waals surface area (Å²) in [6.07, 6.45) is 2.32. The van der Waals surface area contributed by atoms with Gasteiger partial charge in [-0.05, 0) is 41.5 Å². The Morgan fingerprint density at radius 3 is 2.71 bits per heavy atom. The summed E-state index contributed by atoms with van der Waals surface area (Å²) in [5.74, 6) is 1.31. The number of carbonyl (C=O) groups excluding carboxylic acids is 1. The number of fused-ring (bicyclic) bond motifs is 4. The first-order valence-corrected chi connectivity index (χ1v) is 10.6. The largest absolute Gasteiger partial charge is 0.493 e. The summed E-state index contributed by atoms with van der Waals surface area (Å²) in [6, 6.07) is 13.5. The summed E-state index contributed by atoms with van der Waals surface area (Å²) in [4.78, 5) is 20.6. The van der Waals surface area contributed by atoms with Gasteiger partial charge >= 0.3 is 0 Å². The molecule has 0 saturated carbocycles. The molecule has 0 bridgehead atoms. The molecule has 5 rings (SSSR count). The van der Waals surface area contributed by atoms with Crippen LogP contribution in [0.1, 0.15) is 22.9 Å². The number of thiocarbonyl (C=S) groups is 1.